The molecule has 3 aromatic rings. The number of benzene rings is 2. The van der Waals surface area contributed by atoms with Crippen molar-refractivity contribution in [3.05, 3.63) is 46.6 Å². The SMILES string of the molecule is CCC(=O)Oc1cc(O)c2c(=O)cc(-c3ccc(O)c(O)c3)oc2c1. The zero-order chi connectivity index (χ0) is 18.1. The number of phenols is 3. The Kier molecular flexibility index (Phi) is 4.06. The number of phenolic OH excluding ortho intramolecular Hbond substituents is 3. The van der Waals surface area contributed by atoms with Gasteiger partial charge in [0.15, 0.2) is 16.9 Å². The van der Waals surface area contributed by atoms with Crippen LogP contribution in [0.3, 0.4) is 0 Å². The van der Waals surface area contributed by atoms with E-state index in [0.29, 0.717) is 5.56 Å². The molecule has 7 heteroatoms. The lowest BCUT2D eigenvalue weighted by Gasteiger charge is -2.08. The first-order valence-corrected chi connectivity index (χ1v) is 7.43. The van der Waals surface area contributed by atoms with Gasteiger partial charge in [-0.3, -0.25) is 9.59 Å². The van der Waals surface area contributed by atoms with Gasteiger partial charge in [0.25, 0.3) is 0 Å². The summed E-state index contributed by atoms with van der Waals surface area (Å²) in [7, 11) is 0. The molecular weight excluding hydrogens is 328 g/mol. The van der Waals surface area contributed by atoms with Crippen LogP contribution in [-0.2, 0) is 4.79 Å². The smallest absolute Gasteiger partial charge is 0.310 e. The number of carbonyl (C=O) groups excluding carboxylic acids is 1. The van der Waals surface area contributed by atoms with Crippen molar-refractivity contribution < 1.29 is 29.3 Å². The fourth-order valence-electron chi connectivity index (χ4n) is 2.32. The Labute approximate surface area is 141 Å². The molecular formula is C18H14O7. The number of fused-ring (bicyclic) bond motifs is 1. The van der Waals surface area contributed by atoms with Crippen LogP contribution in [0.25, 0.3) is 22.3 Å². The number of hydrogen-bond acceptors (Lipinski definition) is 7. The van der Waals surface area contributed by atoms with Crippen molar-refractivity contribution in [2.24, 2.45) is 0 Å². The van der Waals surface area contributed by atoms with Crippen molar-refractivity contribution in [3.8, 4) is 34.3 Å². The van der Waals surface area contributed by atoms with Gasteiger partial charge in [-0.15, -0.1) is 0 Å². The van der Waals surface area contributed by atoms with Crippen LogP contribution >= 0.6 is 0 Å². The number of carbonyl (C=O) groups is 1. The van der Waals surface area contributed by atoms with Crippen LogP contribution in [0.1, 0.15) is 13.3 Å². The molecule has 0 amide bonds. The molecule has 25 heavy (non-hydrogen) atoms. The number of ether oxygens (including phenoxy) is 1. The summed E-state index contributed by atoms with van der Waals surface area (Å²) in [6.45, 7) is 1.62. The summed E-state index contributed by atoms with van der Waals surface area (Å²) in [5, 5.41) is 28.9. The Morgan fingerprint density at radius 3 is 2.48 bits per heavy atom. The van der Waals surface area contributed by atoms with Gasteiger partial charge in [0.05, 0.1) is 0 Å². The topological polar surface area (TPSA) is 117 Å². The molecule has 0 spiro atoms. The summed E-state index contributed by atoms with van der Waals surface area (Å²) in [5.41, 5.74) is -0.131. The minimum Gasteiger partial charge on any atom is -0.507 e. The summed E-state index contributed by atoms with van der Waals surface area (Å²) in [5.74, 6) is -1.38. The molecule has 2 aromatic carbocycles. The maximum Gasteiger partial charge on any atom is 0.310 e. The Morgan fingerprint density at radius 2 is 1.80 bits per heavy atom. The van der Waals surface area contributed by atoms with E-state index in [1.54, 1.807) is 6.92 Å². The Balaban J connectivity index is 2.17. The molecule has 3 rings (SSSR count). The lowest BCUT2D eigenvalue weighted by atomic mass is 10.1. The highest BCUT2D eigenvalue weighted by molar-refractivity contribution is 5.87. The van der Waals surface area contributed by atoms with E-state index in [0.717, 1.165) is 6.07 Å². The fourth-order valence-corrected chi connectivity index (χ4v) is 2.32. The van der Waals surface area contributed by atoms with Gasteiger partial charge in [-0.1, -0.05) is 6.92 Å². The third-order valence-corrected chi connectivity index (χ3v) is 3.56. The summed E-state index contributed by atoms with van der Waals surface area (Å²) in [6.07, 6.45) is 0.148. The zero-order valence-corrected chi connectivity index (χ0v) is 13.1. The quantitative estimate of drug-likeness (QED) is 0.380. The third-order valence-electron chi connectivity index (χ3n) is 3.56. The average Bonchev–Trinajstić information content (AvgIpc) is 2.56. The molecule has 0 atom stereocenters. The zero-order valence-electron chi connectivity index (χ0n) is 13.1. The van der Waals surface area contributed by atoms with Gasteiger partial charge in [-0.2, -0.15) is 0 Å². The van der Waals surface area contributed by atoms with Gasteiger partial charge < -0.3 is 24.5 Å². The second-order valence-corrected chi connectivity index (χ2v) is 5.32. The van der Waals surface area contributed by atoms with Crippen molar-refractivity contribution >= 4 is 16.9 Å². The minimum atomic E-state index is -0.505. The summed E-state index contributed by atoms with van der Waals surface area (Å²) < 4.78 is 10.7. The van der Waals surface area contributed by atoms with Gasteiger partial charge in [-0.05, 0) is 18.2 Å². The first-order valence-electron chi connectivity index (χ1n) is 7.43. The standard InChI is InChI=1S/C18H14O7/c1-2-17(23)24-10-6-13(21)18-14(22)8-15(25-16(18)7-10)9-3-4-11(19)12(20)5-9/h3-8,19-21H,2H2,1H3. The highest BCUT2D eigenvalue weighted by atomic mass is 16.5. The highest BCUT2D eigenvalue weighted by Gasteiger charge is 2.15. The van der Waals surface area contributed by atoms with Gasteiger partial charge in [0, 0.05) is 30.2 Å². The molecule has 1 heterocycles. The van der Waals surface area contributed by atoms with E-state index in [-0.39, 0.29) is 46.1 Å². The average molecular weight is 342 g/mol. The van der Waals surface area contributed by atoms with E-state index < -0.39 is 11.4 Å². The van der Waals surface area contributed by atoms with Gasteiger partial charge in [-0.25, -0.2) is 0 Å². The number of rotatable bonds is 3. The van der Waals surface area contributed by atoms with Crippen molar-refractivity contribution in [2.75, 3.05) is 0 Å². The fraction of sp³-hybridized carbons (Fsp3) is 0.111. The second-order valence-electron chi connectivity index (χ2n) is 5.32. The van der Waals surface area contributed by atoms with Crippen LogP contribution in [0.5, 0.6) is 23.0 Å². The number of esters is 1. The van der Waals surface area contributed by atoms with Crippen LogP contribution in [-0.4, -0.2) is 21.3 Å². The molecule has 128 valence electrons. The lowest BCUT2D eigenvalue weighted by molar-refractivity contribution is -0.134. The molecule has 0 saturated carbocycles. The molecule has 0 unspecified atom stereocenters. The molecule has 0 saturated heterocycles. The van der Waals surface area contributed by atoms with E-state index in [2.05, 4.69) is 0 Å². The van der Waals surface area contributed by atoms with Gasteiger partial charge >= 0.3 is 5.97 Å². The van der Waals surface area contributed by atoms with E-state index in [9.17, 15) is 24.9 Å². The number of aromatic hydroxyl groups is 3. The van der Waals surface area contributed by atoms with Crippen molar-refractivity contribution in [1.82, 2.24) is 0 Å². The molecule has 0 fully saturated rings. The molecule has 0 aliphatic rings. The largest absolute Gasteiger partial charge is 0.507 e. The normalized spacial score (nSPS) is 10.8. The monoisotopic (exact) mass is 342 g/mol. The second kappa shape index (κ2) is 6.20. The Morgan fingerprint density at radius 1 is 1.04 bits per heavy atom. The van der Waals surface area contributed by atoms with Gasteiger partial charge in [0.1, 0.15) is 28.2 Å². The maximum absolute atomic E-state index is 12.3. The van der Waals surface area contributed by atoms with Gasteiger partial charge in [0.2, 0.25) is 0 Å². The first-order chi connectivity index (χ1) is 11.9. The van der Waals surface area contributed by atoms with E-state index >= 15 is 0 Å². The van der Waals surface area contributed by atoms with Crippen LogP contribution in [0.15, 0.2) is 45.6 Å². The summed E-state index contributed by atoms with van der Waals surface area (Å²) >= 11 is 0. The molecule has 0 aliphatic heterocycles. The van der Waals surface area contributed by atoms with Crippen molar-refractivity contribution in [1.29, 1.82) is 0 Å². The van der Waals surface area contributed by atoms with Crippen molar-refractivity contribution in [3.63, 3.8) is 0 Å². The van der Waals surface area contributed by atoms with Crippen molar-refractivity contribution in [2.45, 2.75) is 13.3 Å². The Bertz CT molecular complexity index is 1030. The Hall–Kier alpha value is -3.48. The van der Waals surface area contributed by atoms with Crippen LogP contribution in [0.2, 0.25) is 0 Å². The van der Waals surface area contributed by atoms with E-state index in [1.165, 1.54) is 30.3 Å². The number of hydrogen-bond donors (Lipinski definition) is 3. The molecule has 7 nitrogen and oxygen atoms in total. The highest BCUT2D eigenvalue weighted by Crippen LogP contribution is 2.34. The predicted octanol–water partition coefficient (Wildman–Crippen LogP) is 2.89. The summed E-state index contributed by atoms with van der Waals surface area (Å²) in [4.78, 5) is 23.7. The van der Waals surface area contributed by atoms with Crippen LogP contribution in [0.4, 0.5) is 0 Å². The third kappa shape index (κ3) is 3.12. The molecule has 0 aliphatic carbocycles. The molecule has 0 bridgehead atoms. The van der Waals surface area contributed by atoms with Crippen LogP contribution < -0.4 is 10.2 Å². The molecule has 0 radical (unpaired) electrons. The lowest BCUT2D eigenvalue weighted by Crippen LogP contribution is -2.06. The molecule has 1 aromatic heterocycles. The minimum absolute atomic E-state index is 0.0222. The maximum atomic E-state index is 12.3. The van der Waals surface area contributed by atoms with E-state index in [1.807, 2.05) is 0 Å². The molecule has 3 N–H and O–H groups in total. The van der Waals surface area contributed by atoms with Crippen LogP contribution in [0, 0.1) is 0 Å². The first kappa shape index (κ1) is 16.4. The predicted molar refractivity (Wildman–Crippen MR) is 88.8 cm³/mol. The van der Waals surface area contributed by atoms with E-state index in [4.69, 9.17) is 9.15 Å². The summed E-state index contributed by atoms with van der Waals surface area (Å²) in [6, 6.07) is 7.60.